The van der Waals surface area contributed by atoms with E-state index in [1.54, 1.807) is 0 Å². The normalized spacial score (nSPS) is 11.7. The van der Waals surface area contributed by atoms with Gasteiger partial charge in [0.1, 0.15) is 0 Å². The van der Waals surface area contributed by atoms with E-state index in [1.165, 1.54) is 0 Å². The summed E-state index contributed by atoms with van der Waals surface area (Å²) in [5.41, 5.74) is -2.40. The molecule has 0 aliphatic carbocycles. The van der Waals surface area contributed by atoms with Crippen LogP contribution in [-0.4, -0.2) is 22.4 Å². The number of alkyl halides is 5. The number of hydrogen-bond donors (Lipinski definition) is 1. The van der Waals surface area contributed by atoms with Crippen molar-refractivity contribution in [2.45, 2.75) is 12.8 Å². The van der Waals surface area contributed by atoms with Gasteiger partial charge in [-0.1, -0.05) is 11.6 Å². The fourth-order valence-electron chi connectivity index (χ4n) is 0.995. The van der Waals surface area contributed by atoms with Gasteiger partial charge in [0.25, 0.3) is 6.43 Å². The van der Waals surface area contributed by atoms with Gasteiger partial charge in [0.2, 0.25) is 0 Å². The fourth-order valence-corrected chi connectivity index (χ4v) is 1.23. The fraction of sp³-hybridized carbons (Fsp3) is 0.250. The molecule has 0 unspecified atom stereocenters. The van der Waals surface area contributed by atoms with Gasteiger partial charge in [-0.15, -0.1) is 13.2 Å². The van der Waals surface area contributed by atoms with Gasteiger partial charge in [0.05, 0.1) is 5.02 Å². The van der Waals surface area contributed by atoms with E-state index in [0.29, 0.717) is 6.07 Å². The summed E-state index contributed by atoms with van der Waals surface area (Å²) >= 11 is 5.27. The molecule has 1 rings (SSSR count). The van der Waals surface area contributed by atoms with Crippen molar-refractivity contribution >= 4 is 17.6 Å². The van der Waals surface area contributed by atoms with Gasteiger partial charge < -0.3 is 9.84 Å². The zero-order valence-electron chi connectivity index (χ0n) is 8.13. The minimum absolute atomic E-state index is 0.483. The Hall–Kier alpha value is -1.64. The maximum absolute atomic E-state index is 12.5. The van der Waals surface area contributed by atoms with E-state index in [4.69, 9.17) is 16.7 Å². The van der Waals surface area contributed by atoms with E-state index in [9.17, 15) is 26.7 Å². The first-order chi connectivity index (χ1) is 8.11. The van der Waals surface area contributed by atoms with Crippen LogP contribution in [0.5, 0.6) is 5.75 Å². The Morgan fingerprint density at radius 1 is 1.44 bits per heavy atom. The lowest BCUT2D eigenvalue weighted by Crippen LogP contribution is -2.19. The summed E-state index contributed by atoms with van der Waals surface area (Å²) in [4.78, 5) is 13.4. The van der Waals surface area contributed by atoms with Crippen LogP contribution in [0.4, 0.5) is 22.0 Å². The number of ether oxygens (including phenoxy) is 1. The minimum atomic E-state index is -5.25. The van der Waals surface area contributed by atoms with Gasteiger partial charge in [0, 0.05) is 0 Å². The molecule has 0 saturated heterocycles. The van der Waals surface area contributed by atoms with E-state index in [0.717, 1.165) is 0 Å². The first-order valence-corrected chi connectivity index (χ1v) is 4.47. The summed E-state index contributed by atoms with van der Waals surface area (Å²) < 4.78 is 64.1. The van der Waals surface area contributed by atoms with Crippen LogP contribution in [0.15, 0.2) is 6.07 Å². The van der Waals surface area contributed by atoms with Crippen molar-refractivity contribution in [3.05, 3.63) is 22.5 Å². The quantitative estimate of drug-likeness (QED) is 0.868. The van der Waals surface area contributed by atoms with Crippen LogP contribution >= 0.6 is 11.6 Å². The molecule has 0 aliphatic rings. The molecular formula is C8H3ClF5NO3. The molecule has 18 heavy (non-hydrogen) atoms. The van der Waals surface area contributed by atoms with Crippen molar-refractivity contribution in [3.63, 3.8) is 0 Å². The van der Waals surface area contributed by atoms with Gasteiger partial charge in [-0.3, -0.25) is 0 Å². The predicted octanol–water partition coefficient (Wildman–Crippen LogP) is 3.27. The van der Waals surface area contributed by atoms with Gasteiger partial charge in [0.15, 0.2) is 17.1 Å². The highest BCUT2D eigenvalue weighted by atomic mass is 35.5. The van der Waals surface area contributed by atoms with Gasteiger partial charge in [-0.05, 0) is 6.07 Å². The van der Waals surface area contributed by atoms with Crippen LogP contribution in [-0.2, 0) is 0 Å². The molecule has 1 aromatic rings. The van der Waals surface area contributed by atoms with E-state index in [-0.39, 0.29) is 0 Å². The molecule has 0 amide bonds. The number of hydrogen-bond acceptors (Lipinski definition) is 3. The van der Waals surface area contributed by atoms with Crippen molar-refractivity contribution in [1.29, 1.82) is 0 Å². The Kier molecular flexibility index (Phi) is 3.95. The number of halogens is 6. The SMILES string of the molecule is O=C(O)c1cc(Cl)c(OC(F)(F)F)c(C(F)F)n1. The molecule has 1 heterocycles. The summed E-state index contributed by atoms with van der Waals surface area (Å²) in [6, 6.07) is 0.483. The number of nitrogens with zero attached hydrogens (tertiary/aromatic N) is 1. The lowest BCUT2D eigenvalue weighted by atomic mass is 10.2. The number of rotatable bonds is 3. The molecular weight excluding hydrogens is 289 g/mol. The Morgan fingerprint density at radius 3 is 2.39 bits per heavy atom. The van der Waals surface area contributed by atoms with Crippen LogP contribution < -0.4 is 4.74 Å². The van der Waals surface area contributed by atoms with Crippen LogP contribution in [0.1, 0.15) is 22.6 Å². The zero-order chi connectivity index (χ0) is 14.1. The standard InChI is InChI=1S/C8H3ClF5NO3/c9-2-1-3(7(16)17)15-4(6(10)11)5(2)18-8(12,13)14/h1,6H,(H,16,17). The summed E-state index contributed by atoms with van der Waals surface area (Å²) in [7, 11) is 0. The molecule has 1 N–H and O–H groups in total. The maximum Gasteiger partial charge on any atom is 0.573 e. The van der Waals surface area contributed by atoms with Crippen LogP contribution in [0.25, 0.3) is 0 Å². The molecule has 1 aromatic heterocycles. The van der Waals surface area contributed by atoms with Gasteiger partial charge in [-0.2, -0.15) is 0 Å². The number of carboxylic acids is 1. The van der Waals surface area contributed by atoms with Crippen LogP contribution in [0.3, 0.4) is 0 Å². The lowest BCUT2D eigenvalue weighted by molar-refractivity contribution is -0.275. The third-order valence-electron chi connectivity index (χ3n) is 1.60. The van der Waals surface area contributed by atoms with E-state index >= 15 is 0 Å². The number of aromatic carboxylic acids is 1. The second-order valence-corrected chi connectivity index (χ2v) is 3.26. The second-order valence-electron chi connectivity index (χ2n) is 2.86. The first-order valence-electron chi connectivity index (χ1n) is 4.09. The minimum Gasteiger partial charge on any atom is -0.477 e. The number of pyridine rings is 1. The van der Waals surface area contributed by atoms with E-state index < -0.39 is 40.9 Å². The molecule has 4 nitrogen and oxygen atoms in total. The number of carboxylic acid groups (broad SMARTS) is 1. The second kappa shape index (κ2) is 4.92. The summed E-state index contributed by atoms with van der Waals surface area (Å²) in [5, 5.41) is 7.59. The average molecular weight is 292 g/mol. The highest BCUT2D eigenvalue weighted by Gasteiger charge is 2.35. The van der Waals surface area contributed by atoms with Crippen molar-refractivity contribution in [3.8, 4) is 5.75 Å². The molecule has 100 valence electrons. The van der Waals surface area contributed by atoms with Crippen molar-refractivity contribution in [1.82, 2.24) is 4.98 Å². The Bertz CT molecular complexity index is 477. The van der Waals surface area contributed by atoms with Crippen LogP contribution in [0, 0.1) is 0 Å². The molecule has 0 bridgehead atoms. The third kappa shape index (κ3) is 3.42. The zero-order valence-corrected chi connectivity index (χ0v) is 8.89. The van der Waals surface area contributed by atoms with Gasteiger partial charge >= 0.3 is 12.3 Å². The Balaban J connectivity index is 3.36. The molecule has 0 fully saturated rings. The number of aromatic nitrogens is 1. The number of carbonyl (C=O) groups is 1. The Labute approximate surface area is 101 Å². The largest absolute Gasteiger partial charge is 0.573 e. The molecule has 0 aliphatic heterocycles. The lowest BCUT2D eigenvalue weighted by Gasteiger charge is -2.14. The van der Waals surface area contributed by atoms with Crippen molar-refractivity contribution < 1.29 is 36.6 Å². The average Bonchev–Trinajstić information content (AvgIpc) is 2.18. The van der Waals surface area contributed by atoms with Gasteiger partial charge in [-0.25, -0.2) is 18.6 Å². The topological polar surface area (TPSA) is 59.4 Å². The predicted molar refractivity (Wildman–Crippen MR) is 47.8 cm³/mol. The highest BCUT2D eigenvalue weighted by Crippen LogP contribution is 2.37. The van der Waals surface area contributed by atoms with Crippen molar-refractivity contribution in [2.75, 3.05) is 0 Å². The molecule has 0 aromatic carbocycles. The first kappa shape index (κ1) is 14.4. The molecule has 0 radical (unpaired) electrons. The molecule has 0 atom stereocenters. The van der Waals surface area contributed by atoms with E-state index in [1.807, 2.05) is 0 Å². The monoisotopic (exact) mass is 291 g/mol. The highest BCUT2D eigenvalue weighted by molar-refractivity contribution is 6.32. The maximum atomic E-state index is 12.5. The van der Waals surface area contributed by atoms with E-state index in [2.05, 4.69) is 9.72 Å². The summed E-state index contributed by atoms with van der Waals surface area (Å²) in [6.45, 7) is 0. The smallest absolute Gasteiger partial charge is 0.477 e. The summed E-state index contributed by atoms with van der Waals surface area (Å²) in [5.74, 6) is -3.12. The molecule has 10 heteroatoms. The van der Waals surface area contributed by atoms with Crippen LogP contribution in [0.2, 0.25) is 5.02 Å². The van der Waals surface area contributed by atoms with Crippen molar-refractivity contribution in [2.24, 2.45) is 0 Å². The molecule has 0 spiro atoms. The third-order valence-corrected chi connectivity index (χ3v) is 1.88. The molecule has 0 saturated carbocycles. The Morgan fingerprint density at radius 2 is 2.00 bits per heavy atom. The summed E-state index contributed by atoms with van der Waals surface area (Å²) in [6.07, 6.45) is -8.72.